The molecular formula is C13H12N2. The Hall–Kier alpha value is -2.09. The number of hydrogen-bond acceptors (Lipinski definition) is 2. The maximum absolute atomic E-state index is 5.62. The molecule has 0 atom stereocenters. The second-order valence-corrected chi connectivity index (χ2v) is 3.27. The molecule has 2 aromatic rings. The minimum absolute atomic E-state index is 0.542. The van der Waals surface area contributed by atoms with E-state index in [-0.39, 0.29) is 0 Å². The third-order valence-corrected chi connectivity index (χ3v) is 2.21. The fraction of sp³-hybridized carbons (Fsp3) is 0. The van der Waals surface area contributed by atoms with Gasteiger partial charge in [0.1, 0.15) is 5.82 Å². The molecule has 0 aliphatic carbocycles. The molecule has 15 heavy (non-hydrogen) atoms. The Morgan fingerprint density at radius 3 is 2.40 bits per heavy atom. The molecule has 2 N–H and O–H groups in total. The van der Waals surface area contributed by atoms with E-state index in [0.717, 1.165) is 16.8 Å². The van der Waals surface area contributed by atoms with Crippen LogP contribution in [0.25, 0.3) is 17.3 Å². The molecule has 0 fully saturated rings. The van der Waals surface area contributed by atoms with Gasteiger partial charge in [-0.1, -0.05) is 43.0 Å². The molecular weight excluding hydrogens is 184 g/mol. The Labute approximate surface area is 89.1 Å². The van der Waals surface area contributed by atoms with Gasteiger partial charge in [-0.25, -0.2) is 4.98 Å². The first-order valence-corrected chi connectivity index (χ1v) is 4.75. The van der Waals surface area contributed by atoms with Gasteiger partial charge in [-0.05, 0) is 17.7 Å². The van der Waals surface area contributed by atoms with Crippen molar-refractivity contribution < 1.29 is 0 Å². The molecule has 0 spiro atoms. The molecule has 0 aliphatic heterocycles. The quantitative estimate of drug-likeness (QED) is 0.802. The van der Waals surface area contributed by atoms with E-state index in [1.165, 1.54) is 0 Å². The number of aromatic nitrogens is 1. The van der Waals surface area contributed by atoms with Crippen molar-refractivity contribution in [1.82, 2.24) is 4.98 Å². The van der Waals surface area contributed by atoms with Crippen LogP contribution in [-0.2, 0) is 0 Å². The summed E-state index contributed by atoms with van der Waals surface area (Å²) < 4.78 is 0. The summed E-state index contributed by atoms with van der Waals surface area (Å²) in [5.41, 5.74) is 8.68. The molecule has 0 unspecified atom stereocenters. The molecule has 0 bridgehead atoms. The van der Waals surface area contributed by atoms with Crippen LogP contribution in [0.5, 0.6) is 0 Å². The molecule has 0 aliphatic rings. The van der Waals surface area contributed by atoms with Gasteiger partial charge < -0.3 is 5.73 Å². The highest BCUT2D eigenvalue weighted by atomic mass is 14.8. The average Bonchev–Trinajstić information content (AvgIpc) is 2.29. The standard InChI is InChI=1S/C13H12N2/c1-2-10-6-8-11(9-7-10)12-4-3-5-13(14)15-12/h2-9H,1H2,(H2,14,15). The number of pyridine rings is 1. The summed E-state index contributed by atoms with van der Waals surface area (Å²) in [4.78, 5) is 4.25. The number of benzene rings is 1. The number of nitrogen functional groups attached to an aromatic ring is 1. The Morgan fingerprint density at radius 1 is 1.07 bits per heavy atom. The Balaban J connectivity index is 2.41. The molecule has 1 aromatic heterocycles. The maximum atomic E-state index is 5.62. The highest BCUT2D eigenvalue weighted by Gasteiger charge is 1.98. The van der Waals surface area contributed by atoms with E-state index in [9.17, 15) is 0 Å². The SMILES string of the molecule is C=Cc1ccc(-c2cccc(N)n2)cc1. The van der Waals surface area contributed by atoms with E-state index in [1.807, 2.05) is 42.5 Å². The fourth-order valence-corrected chi connectivity index (χ4v) is 1.40. The Morgan fingerprint density at radius 2 is 1.80 bits per heavy atom. The second kappa shape index (κ2) is 3.96. The van der Waals surface area contributed by atoms with E-state index in [4.69, 9.17) is 5.73 Å². The van der Waals surface area contributed by atoms with Crippen molar-refractivity contribution in [2.75, 3.05) is 5.73 Å². The number of anilines is 1. The molecule has 0 radical (unpaired) electrons. The van der Waals surface area contributed by atoms with Crippen molar-refractivity contribution in [2.45, 2.75) is 0 Å². The molecule has 0 amide bonds. The summed E-state index contributed by atoms with van der Waals surface area (Å²) in [6.07, 6.45) is 1.82. The zero-order chi connectivity index (χ0) is 10.7. The van der Waals surface area contributed by atoms with E-state index < -0.39 is 0 Å². The van der Waals surface area contributed by atoms with E-state index in [2.05, 4.69) is 11.6 Å². The number of nitrogens with zero attached hydrogens (tertiary/aromatic N) is 1. The van der Waals surface area contributed by atoms with Gasteiger partial charge in [0.05, 0.1) is 5.69 Å². The smallest absolute Gasteiger partial charge is 0.124 e. The van der Waals surface area contributed by atoms with Crippen LogP contribution in [0.4, 0.5) is 5.82 Å². The maximum Gasteiger partial charge on any atom is 0.124 e. The zero-order valence-electron chi connectivity index (χ0n) is 8.35. The summed E-state index contributed by atoms with van der Waals surface area (Å²) >= 11 is 0. The number of nitrogens with two attached hydrogens (primary N) is 1. The summed E-state index contributed by atoms with van der Waals surface area (Å²) in [7, 11) is 0. The molecule has 0 saturated heterocycles. The van der Waals surface area contributed by atoms with Crippen molar-refractivity contribution >= 4 is 11.9 Å². The van der Waals surface area contributed by atoms with Crippen molar-refractivity contribution in [1.29, 1.82) is 0 Å². The third-order valence-electron chi connectivity index (χ3n) is 2.21. The van der Waals surface area contributed by atoms with Gasteiger partial charge in [-0.3, -0.25) is 0 Å². The van der Waals surface area contributed by atoms with Gasteiger partial charge in [0.25, 0.3) is 0 Å². The highest BCUT2D eigenvalue weighted by molar-refractivity contribution is 5.63. The molecule has 1 heterocycles. The average molecular weight is 196 g/mol. The minimum Gasteiger partial charge on any atom is -0.384 e. The second-order valence-electron chi connectivity index (χ2n) is 3.27. The van der Waals surface area contributed by atoms with Crippen molar-refractivity contribution in [3.63, 3.8) is 0 Å². The fourth-order valence-electron chi connectivity index (χ4n) is 1.40. The lowest BCUT2D eigenvalue weighted by molar-refractivity contribution is 1.33. The number of rotatable bonds is 2. The molecule has 2 rings (SSSR count). The normalized spacial score (nSPS) is 9.87. The van der Waals surface area contributed by atoms with Crippen LogP contribution in [0.15, 0.2) is 49.0 Å². The van der Waals surface area contributed by atoms with Gasteiger partial charge in [0.15, 0.2) is 0 Å². The van der Waals surface area contributed by atoms with Gasteiger partial charge in [0, 0.05) is 5.56 Å². The lowest BCUT2D eigenvalue weighted by Crippen LogP contribution is -1.91. The van der Waals surface area contributed by atoms with Gasteiger partial charge in [0.2, 0.25) is 0 Å². The molecule has 2 nitrogen and oxygen atoms in total. The van der Waals surface area contributed by atoms with Crippen LogP contribution in [-0.4, -0.2) is 4.98 Å². The molecule has 1 aromatic carbocycles. The Kier molecular flexibility index (Phi) is 2.50. The minimum atomic E-state index is 0.542. The first-order chi connectivity index (χ1) is 7.29. The largest absolute Gasteiger partial charge is 0.384 e. The lowest BCUT2D eigenvalue weighted by Gasteiger charge is -2.02. The summed E-state index contributed by atoms with van der Waals surface area (Å²) in [5.74, 6) is 0.542. The van der Waals surface area contributed by atoms with Crippen LogP contribution >= 0.6 is 0 Å². The van der Waals surface area contributed by atoms with Crippen molar-refractivity contribution in [3.05, 3.63) is 54.6 Å². The van der Waals surface area contributed by atoms with Crippen molar-refractivity contribution in [3.8, 4) is 11.3 Å². The monoisotopic (exact) mass is 196 g/mol. The predicted molar refractivity (Wildman–Crippen MR) is 64.2 cm³/mol. The van der Waals surface area contributed by atoms with Crippen LogP contribution in [0, 0.1) is 0 Å². The van der Waals surface area contributed by atoms with E-state index in [1.54, 1.807) is 6.07 Å². The summed E-state index contributed by atoms with van der Waals surface area (Å²) in [5, 5.41) is 0. The van der Waals surface area contributed by atoms with Gasteiger partial charge >= 0.3 is 0 Å². The van der Waals surface area contributed by atoms with E-state index >= 15 is 0 Å². The lowest BCUT2D eigenvalue weighted by atomic mass is 10.1. The first kappa shape index (κ1) is 9.46. The molecule has 0 saturated carbocycles. The number of hydrogen-bond donors (Lipinski definition) is 1. The van der Waals surface area contributed by atoms with Crippen LogP contribution in [0.1, 0.15) is 5.56 Å². The van der Waals surface area contributed by atoms with Crippen molar-refractivity contribution in [2.24, 2.45) is 0 Å². The topological polar surface area (TPSA) is 38.9 Å². The predicted octanol–water partition coefficient (Wildman–Crippen LogP) is 2.97. The van der Waals surface area contributed by atoms with E-state index in [0.29, 0.717) is 5.82 Å². The van der Waals surface area contributed by atoms with Crippen LogP contribution < -0.4 is 5.73 Å². The Bertz CT molecular complexity index is 472. The van der Waals surface area contributed by atoms with Gasteiger partial charge in [-0.2, -0.15) is 0 Å². The third kappa shape index (κ3) is 2.05. The molecule has 74 valence electrons. The van der Waals surface area contributed by atoms with Crippen LogP contribution in [0.3, 0.4) is 0 Å². The summed E-state index contributed by atoms with van der Waals surface area (Å²) in [6, 6.07) is 13.7. The van der Waals surface area contributed by atoms with Gasteiger partial charge in [-0.15, -0.1) is 0 Å². The summed E-state index contributed by atoms with van der Waals surface area (Å²) in [6.45, 7) is 3.71. The highest BCUT2D eigenvalue weighted by Crippen LogP contribution is 2.18. The molecule has 2 heteroatoms. The first-order valence-electron chi connectivity index (χ1n) is 4.75. The van der Waals surface area contributed by atoms with Crippen LogP contribution in [0.2, 0.25) is 0 Å². The zero-order valence-corrected chi connectivity index (χ0v) is 8.35.